The summed E-state index contributed by atoms with van der Waals surface area (Å²) in [4.78, 5) is 0. The second kappa shape index (κ2) is 16.6. The number of hydrogen-bond donors (Lipinski definition) is 0. The first-order valence-electron chi connectivity index (χ1n) is 0. The van der Waals surface area contributed by atoms with Gasteiger partial charge in [0.1, 0.15) is 0 Å². The van der Waals surface area contributed by atoms with Crippen LogP contribution in [0.5, 0.6) is 0 Å². The van der Waals surface area contributed by atoms with Crippen LogP contribution < -0.4 is 96.4 Å². The summed E-state index contributed by atoms with van der Waals surface area (Å²) >= 11 is 0. The van der Waals surface area contributed by atoms with Gasteiger partial charge in [-0.1, -0.05) is 0 Å². The van der Waals surface area contributed by atoms with Gasteiger partial charge >= 0.3 is 48.4 Å². The van der Waals surface area contributed by atoms with Crippen LogP contribution in [0.4, 0.5) is 0 Å². The van der Waals surface area contributed by atoms with Crippen molar-refractivity contribution in [3.63, 3.8) is 0 Å². The molecule has 0 unspecified atom stereocenters. The van der Waals surface area contributed by atoms with E-state index in [-0.39, 0.29) is 96.4 Å². The summed E-state index contributed by atoms with van der Waals surface area (Å²) in [5.74, 6) is 0. The topological polar surface area (TPSA) is 0 Å². The molecule has 0 aromatic carbocycles. The predicted octanol–water partition coefficient (Wildman–Crippen LogP) is -12.0. The van der Waals surface area contributed by atoms with Crippen molar-refractivity contribution in [3.05, 3.63) is 0 Å². The minimum absolute atomic E-state index is 0. The predicted molar refractivity (Wildman–Crippen MR) is 0 cm³/mol. The van der Waals surface area contributed by atoms with Gasteiger partial charge in [-0.3, -0.25) is 0 Å². The Morgan fingerprint density at radius 1 is 0.750 bits per heavy atom. The maximum atomic E-state index is 0. The van der Waals surface area contributed by atoms with Gasteiger partial charge in [-0.2, -0.15) is 0 Å². The van der Waals surface area contributed by atoms with Crippen molar-refractivity contribution < 1.29 is 96.4 Å². The van der Waals surface area contributed by atoms with E-state index in [2.05, 4.69) is 0 Å². The maximum Gasteiger partial charge on any atom is 1.00 e. The first kappa shape index (κ1) is 27.7. The van der Waals surface area contributed by atoms with E-state index in [1.165, 1.54) is 0 Å². The second-order valence-corrected chi connectivity index (χ2v) is 0. The molecule has 0 spiro atoms. The molecule has 4 heavy (non-hydrogen) atoms. The quantitative estimate of drug-likeness (QED) is 0.306. The molecule has 0 amide bonds. The van der Waals surface area contributed by atoms with E-state index in [4.69, 9.17) is 0 Å². The average Bonchev–Trinajstić information content (AvgIpc) is 0. The van der Waals surface area contributed by atoms with Gasteiger partial charge in [0.25, 0.3) is 0 Å². The fraction of sp³-hybridized carbons (Fsp3) is 0. The Morgan fingerprint density at radius 3 is 0.750 bits per heavy atom. The Kier molecular flexibility index (Phi) is 115. The molecule has 0 rings (SSSR count). The molecule has 0 bridgehead atoms. The van der Waals surface area contributed by atoms with E-state index >= 15 is 0 Å². The van der Waals surface area contributed by atoms with E-state index in [1.54, 1.807) is 0 Å². The Morgan fingerprint density at radius 2 is 0.750 bits per heavy atom. The van der Waals surface area contributed by atoms with E-state index in [0.29, 0.717) is 0 Å². The molecule has 0 aromatic heterocycles. The van der Waals surface area contributed by atoms with Gasteiger partial charge in [0.15, 0.2) is 0 Å². The third-order valence-corrected chi connectivity index (χ3v) is 0. The van der Waals surface area contributed by atoms with Gasteiger partial charge in [-0.05, 0) is 0 Å². The molecule has 0 aliphatic carbocycles. The zero-order valence-electron chi connectivity index (χ0n) is 2.76. The van der Waals surface area contributed by atoms with Crippen LogP contribution >= 0.6 is 0 Å². The minimum Gasteiger partial charge on any atom is -1.00 e. The monoisotopic (exact) mass is 284 g/mol. The minimum atomic E-state index is 0. The summed E-state index contributed by atoms with van der Waals surface area (Å²) < 4.78 is 0. The zero-order valence-corrected chi connectivity index (χ0v) is 9.07. The van der Waals surface area contributed by atoms with Crippen LogP contribution in [0.15, 0.2) is 0 Å². The van der Waals surface area contributed by atoms with E-state index < -0.39 is 0 Å². The first-order valence-corrected chi connectivity index (χ1v) is 0. The van der Waals surface area contributed by atoms with Crippen molar-refractivity contribution in [2.45, 2.75) is 0 Å². The van der Waals surface area contributed by atoms with Gasteiger partial charge in [-0.15, -0.1) is 0 Å². The molecule has 0 saturated heterocycles. The molecule has 0 fully saturated rings. The Bertz CT molecular complexity index is 6.00. The molecule has 0 nitrogen and oxygen atoms in total. The molecular formula is I2LiNa. The number of hydrogen-bond acceptors (Lipinski definition) is 0. The summed E-state index contributed by atoms with van der Waals surface area (Å²) in [6, 6.07) is 0. The number of halogens is 2. The number of rotatable bonds is 0. The van der Waals surface area contributed by atoms with Crippen LogP contribution in [0.3, 0.4) is 0 Å². The summed E-state index contributed by atoms with van der Waals surface area (Å²) in [7, 11) is 0. The molecule has 0 aliphatic rings. The molecule has 0 N–H and O–H groups in total. The fourth-order valence-electron chi connectivity index (χ4n) is 0. The van der Waals surface area contributed by atoms with E-state index in [1.807, 2.05) is 0 Å². The third kappa shape index (κ3) is 8.91. The summed E-state index contributed by atoms with van der Waals surface area (Å²) in [5.41, 5.74) is 0. The smallest absolute Gasteiger partial charge is 1.00 e. The van der Waals surface area contributed by atoms with Crippen molar-refractivity contribution in [1.82, 2.24) is 0 Å². The van der Waals surface area contributed by atoms with Crippen LogP contribution in [-0.2, 0) is 0 Å². The van der Waals surface area contributed by atoms with Crippen LogP contribution in [0.2, 0.25) is 0 Å². The van der Waals surface area contributed by atoms with Gasteiger partial charge in [-0.25, -0.2) is 0 Å². The van der Waals surface area contributed by atoms with Crippen LogP contribution in [0.25, 0.3) is 0 Å². The van der Waals surface area contributed by atoms with Crippen molar-refractivity contribution in [1.29, 1.82) is 0 Å². The Hall–Kier alpha value is 3.06. The van der Waals surface area contributed by atoms with Crippen LogP contribution in [0.1, 0.15) is 0 Å². The second-order valence-electron chi connectivity index (χ2n) is 0. The molecule has 4 heteroatoms. The molecule has 16 valence electrons. The summed E-state index contributed by atoms with van der Waals surface area (Å²) in [5, 5.41) is 0. The molecule has 0 atom stereocenters. The average molecular weight is 284 g/mol. The molecule has 0 aliphatic heterocycles. The molecule has 0 saturated carbocycles. The SMILES string of the molecule is [I-].[I-].[Li+].[Na+]. The van der Waals surface area contributed by atoms with Crippen molar-refractivity contribution in [2.24, 2.45) is 0 Å². The third-order valence-electron chi connectivity index (χ3n) is 0. The van der Waals surface area contributed by atoms with E-state index in [9.17, 15) is 0 Å². The summed E-state index contributed by atoms with van der Waals surface area (Å²) in [6.07, 6.45) is 0. The van der Waals surface area contributed by atoms with Crippen molar-refractivity contribution >= 4 is 0 Å². The summed E-state index contributed by atoms with van der Waals surface area (Å²) in [6.45, 7) is 0. The van der Waals surface area contributed by atoms with Crippen molar-refractivity contribution in [3.8, 4) is 0 Å². The normalized spacial score (nSPS) is 0. The molecule has 0 radical (unpaired) electrons. The first-order chi connectivity index (χ1) is 0. The standard InChI is InChI=1S/2HI.Li.Na/h2*1H;;/q;;2*+1/p-2. The Labute approximate surface area is 94.4 Å². The van der Waals surface area contributed by atoms with Gasteiger partial charge < -0.3 is 48.0 Å². The Balaban J connectivity index is 0. The van der Waals surface area contributed by atoms with Gasteiger partial charge in [0, 0.05) is 0 Å². The molecule has 0 aromatic rings. The van der Waals surface area contributed by atoms with Gasteiger partial charge in [0.2, 0.25) is 0 Å². The zero-order chi connectivity index (χ0) is 0. The maximum absolute atomic E-state index is 0. The van der Waals surface area contributed by atoms with Gasteiger partial charge in [0.05, 0.1) is 0 Å². The van der Waals surface area contributed by atoms with Crippen LogP contribution in [-0.4, -0.2) is 0 Å². The van der Waals surface area contributed by atoms with Crippen molar-refractivity contribution in [2.75, 3.05) is 0 Å². The molecular weight excluding hydrogens is 284 g/mol. The molecule has 0 heterocycles. The van der Waals surface area contributed by atoms with Crippen LogP contribution in [0, 0.1) is 0 Å². The fourth-order valence-corrected chi connectivity index (χ4v) is 0. The largest absolute Gasteiger partial charge is 1.00 e. The van der Waals surface area contributed by atoms with E-state index in [0.717, 1.165) is 0 Å².